The minimum absolute atomic E-state index is 0.0494. The average molecular weight is 459 g/mol. The Balaban J connectivity index is 1.60. The Bertz CT molecular complexity index is 2220. The molecule has 1 heteroatoms. The van der Waals surface area contributed by atoms with Crippen molar-refractivity contribution >= 4 is 65.0 Å². The van der Waals surface area contributed by atoms with Crippen molar-refractivity contribution in [1.82, 2.24) is 0 Å². The van der Waals surface area contributed by atoms with Crippen molar-refractivity contribution in [2.75, 3.05) is 0 Å². The molecule has 0 saturated heterocycles. The van der Waals surface area contributed by atoms with Crippen molar-refractivity contribution in [3.8, 4) is 11.1 Å². The van der Waals surface area contributed by atoms with E-state index in [0.717, 1.165) is 11.2 Å². The molecule has 0 spiro atoms. The molecule has 7 aromatic carbocycles. The number of para-hydroxylation sites is 1. The van der Waals surface area contributed by atoms with Crippen LogP contribution in [0.2, 0.25) is 0 Å². The van der Waals surface area contributed by atoms with Crippen LogP contribution >= 0.6 is 0 Å². The number of furan rings is 1. The van der Waals surface area contributed by atoms with Gasteiger partial charge in [0.05, 0.1) is 0 Å². The van der Waals surface area contributed by atoms with E-state index < -0.39 is 0 Å². The van der Waals surface area contributed by atoms with Gasteiger partial charge in [-0.25, -0.2) is 0 Å². The van der Waals surface area contributed by atoms with E-state index in [0.29, 0.717) is 0 Å². The van der Waals surface area contributed by atoms with Crippen LogP contribution in [-0.2, 0) is 5.41 Å². The Kier molecular flexibility index (Phi) is 3.18. The van der Waals surface area contributed by atoms with Gasteiger partial charge in [0.1, 0.15) is 11.2 Å². The summed E-state index contributed by atoms with van der Waals surface area (Å²) >= 11 is 0. The highest BCUT2D eigenvalue weighted by atomic mass is 16.3. The molecule has 9 rings (SSSR count). The van der Waals surface area contributed by atoms with Crippen LogP contribution in [0.5, 0.6) is 0 Å². The lowest BCUT2D eigenvalue weighted by atomic mass is 9.80. The first-order valence-corrected chi connectivity index (χ1v) is 12.7. The standard InChI is InChI=1S/C35H22O/c1-35(2)27-15-5-3-9-21(27)33-23-13-7-11-19-20-12-8-14-24-32(20)26(25(31(19)23)17-28(33)35)18-30-34(24)22-10-4-6-16-29(22)36-30/h3-18H,1-2H3. The van der Waals surface area contributed by atoms with Gasteiger partial charge < -0.3 is 4.42 Å². The molecule has 1 aromatic heterocycles. The Morgan fingerprint density at radius 1 is 0.472 bits per heavy atom. The molecule has 0 fully saturated rings. The van der Waals surface area contributed by atoms with Gasteiger partial charge in [0, 0.05) is 16.2 Å². The van der Waals surface area contributed by atoms with Crippen LogP contribution in [0, 0.1) is 0 Å². The largest absolute Gasteiger partial charge is 0.456 e. The summed E-state index contributed by atoms with van der Waals surface area (Å²) in [5.74, 6) is 0. The molecule has 36 heavy (non-hydrogen) atoms. The molecule has 1 aliphatic carbocycles. The molecule has 1 heterocycles. The molecule has 0 amide bonds. The van der Waals surface area contributed by atoms with E-state index in [9.17, 15) is 0 Å². The number of fused-ring (bicyclic) bond motifs is 10. The summed E-state index contributed by atoms with van der Waals surface area (Å²) in [6.45, 7) is 4.74. The first kappa shape index (κ1) is 18.9. The monoisotopic (exact) mass is 458 g/mol. The fraction of sp³-hybridized carbons (Fsp3) is 0.0857. The van der Waals surface area contributed by atoms with Crippen molar-refractivity contribution in [2.24, 2.45) is 0 Å². The zero-order chi connectivity index (χ0) is 23.8. The maximum absolute atomic E-state index is 6.44. The van der Waals surface area contributed by atoms with E-state index in [1.807, 2.05) is 0 Å². The Morgan fingerprint density at radius 2 is 1.11 bits per heavy atom. The van der Waals surface area contributed by atoms with Crippen molar-refractivity contribution < 1.29 is 4.42 Å². The Morgan fingerprint density at radius 3 is 1.97 bits per heavy atom. The summed E-state index contributed by atoms with van der Waals surface area (Å²) in [5.41, 5.74) is 7.47. The maximum Gasteiger partial charge on any atom is 0.136 e. The second kappa shape index (κ2) is 6.06. The number of benzene rings is 7. The Hall–Kier alpha value is -4.36. The van der Waals surface area contributed by atoms with E-state index in [1.165, 1.54) is 76.1 Å². The third-order valence-corrected chi connectivity index (χ3v) is 8.79. The quantitative estimate of drug-likeness (QED) is 0.163. The summed E-state index contributed by atoms with van der Waals surface area (Å²) in [6.07, 6.45) is 0. The number of hydrogen-bond donors (Lipinski definition) is 0. The first-order chi connectivity index (χ1) is 17.6. The van der Waals surface area contributed by atoms with E-state index >= 15 is 0 Å². The van der Waals surface area contributed by atoms with E-state index in [1.54, 1.807) is 0 Å². The minimum atomic E-state index is -0.0494. The predicted molar refractivity (Wildman–Crippen MR) is 152 cm³/mol. The van der Waals surface area contributed by atoms with Crippen LogP contribution < -0.4 is 0 Å². The smallest absolute Gasteiger partial charge is 0.136 e. The van der Waals surface area contributed by atoms with Crippen LogP contribution in [0.15, 0.2) is 101 Å². The topological polar surface area (TPSA) is 13.1 Å². The summed E-state index contributed by atoms with van der Waals surface area (Å²) in [7, 11) is 0. The van der Waals surface area contributed by atoms with Crippen LogP contribution in [0.3, 0.4) is 0 Å². The summed E-state index contributed by atoms with van der Waals surface area (Å²) < 4.78 is 6.44. The van der Waals surface area contributed by atoms with Gasteiger partial charge in [-0.2, -0.15) is 0 Å². The highest BCUT2D eigenvalue weighted by Crippen LogP contribution is 2.54. The van der Waals surface area contributed by atoms with Crippen LogP contribution in [0.25, 0.3) is 76.2 Å². The van der Waals surface area contributed by atoms with Gasteiger partial charge in [0.25, 0.3) is 0 Å². The van der Waals surface area contributed by atoms with Crippen LogP contribution in [0.4, 0.5) is 0 Å². The molecule has 8 aromatic rings. The average Bonchev–Trinajstić information content (AvgIpc) is 3.39. The molecule has 0 atom stereocenters. The molecule has 0 saturated carbocycles. The minimum Gasteiger partial charge on any atom is -0.456 e. The molecule has 0 unspecified atom stereocenters. The molecule has 0 N–H and O–H groups in total. The fourth-order valence-corrected chi connectivity index (χ4v) is 7.23. The number of rotatable bonds is 0. The Labute approximate surface area is 207 Å². The van der Waals surface area contributed by atoms with E-state index in [4.69, 9.17) is 4.42 Å². The highest BCUT2D eigenvalue weighted by Gasteiger charge is 2.37. The second-order valence-corrected chi connectivity index (χ2v) is 10.9. The molecular weight excluding hydrogens is 436 g/mol. The molecule has 0 radical (unpaired) electrons. The van der Waals surface area contributed by atoms with Gasteiger partial charge in [-0.05, 0) is 83.5 Å². The zero-order valence-electron chi connectivity index (χ0n) is 20.1. The van der Waals surface area contributed by atoms with Gasteiger partial charge in [-0.1, -0.05) is 92.7 Å². The first-order valence-electron chi connectivity index (χ1n) is 12.7. The van der Waals surface area contributed by atoms with Gasteiger partial charge >= 0.3 is 0 Å². The summed E-state index contributed by atoms with van der Waals surface area (Å²) in [5, 5.41) is 13.0. The van der Waals surface area contributed by atoms with Crippen molar-refractivity contribution in [2.45, 2.75) is 19.3 Å². The highest BCUT2D eigenvalue weighted by molar-refractivity contribution is 6.38. The lowest BCUT2D eigenvalue weighted by molar-refractivity contribution is 0.661. The fourth-order valence-electron chi connectivity index (χ4n) is 7.23. The molecular formula is C35H22O. The van der Waals surface area contributed by atoms with Gasteiger partial charge in [-0.15, -0.1) is 0 Å². The lowest BCUT2D eigenvalue weighted by Crippen LogP contribution is -2.14. The maximum atomic E-state index is 6.44. The zero-order valence-corrected chi connectivity index (χ0v) is 20.1. The van der Waals surface area contributed by atoms with Crippen molar-refractivity contribution in [1.29, 1.82) is 0 Å². The predicted octanol–water partition coefficient (Wildman–Crippen LogP) is 9.94. The molecule has 1 aliphatic rings. The van der Waals surface area contributed by atoms with Crippen LogP contribution in [0.1, 0.15) is 25.0 Å². The molecule has 168 valence electrons. The summed E-state index contributed by atoms with van der Waals surface area (Å²) in [4.78, 5) is 0. The van der Waals surface area contributed by atoms with Gasteiger partial charge in [0.15, 0.2) is 0 Å². The van der Waals surface area contributed by atoms with Crippen molar-refractivity contribution in [3.05, 3.63) is 108 Å². The SMILES string of the molecule is CC1(C)c2ccccc2-c2c1cc1c3cc4oc5ccccc5c4c4cccc(c5cccc2c51)c34. The number of hydrogen-bond acceptors (Lipinski definition) is 1. The third kappa shape index (κ3) is 2.02. The van der Waals surface area contributed by atoms with Crippen LogP contribution in [-0.4, -0.2) is 0 Å². The normalized spacial score (nSPS) is 14.6. The van der Waals surface area contributed by atoms with E-state index in [2.05, 4.69) is 111 Å². The second-order valence-electron chi connectivity index (χ2n) is 10.9. The molecule has 0 aliphatic heterocycles. The summed E-state index contributed by atoms with van der Waals surface area (Å²) in [6, 6.07) is 35.8. The molecule has 1 nitrogen and oxygen atoms in total. The lowest BCUT2D eigenvalue weighted by Gasteiger charge is -2.23. The molecule has 0 bridgehead atoms. The van der Waals surface area contributed by atoms with Gasteiger partial charge in [0.2, 0.25) is 0 Å². The third-order valence-electron chi connectivity index (χ3n) is 8.79. The van der Waals surface area contributed by atoms with Gasteiger partial charge in [-0.3, -0.25) is 0 Å². The van der Waals surface area contributed by atoms with Crippen molar-refractivity contribution in [3.63, 3.8) is 0 Å². The van der Waals surface area contributed by atoms with E-state index in [-0.39, 0.29) is 5.41 Å².